The zero-order valence-electron chi connectivity index (χ0n) is 14.9. The molecule has 1 aromatic carbocycles. The Hall–Kier alpha value is -2.14. The SMILES string of the molecule is CN1CCN(c2cc(CNS(=O)(=O)c3cccc4nsnc34)ccn2)CC1. The number of hydrogen-bond donors (Lipinski definition) is 1. The Balaban J connectivity index is 1.50. The minimum absolute atomic E-state index is 0.155. The van der Waals surface area contributed by atoms with Gasteiger partial charge in [0.2, 0.25) is 10.0 Å². The van der Waals surface area contributed by atoms with Gasteiger partial charge in [-0.1, -0.05) is 6.07 Å². The average Bonchev–Trinajstić information content (AvgIpc) is 3.16. The van der Waals surface area contributed by atoms with E-state index in [1.807, 2.05) is 12.1 Å². The number of fused-ring (bicyclic) bond motifs is 1. The highest BCUT2D eigenvalue weighted by Crippen LogP contribution is 2.21. The predicted molar refractivity (Wildman–Crippen MR) is 105 cm³/mol. The van der Waals surface area contributed by atoms with Crippen molar-refractivity contribution in [1.82, 2.24) is 23.4 Å². The molecule has 27 heavy (non-hydrogen) atoms. The quantitative estimate of drug-likeness (QED) is 0.686. The molecule has 0 bridgehead atoms. The smallest absolute Gasteiger partial charge is 0.243 e. The van der Waals surface area contributed by atoms with Gasteiger partial charge in [0.25, 0.3) is 0 Å². The summed E-state index contributed by atoms with van der Waals surface area (Å²) in [6.07, 6.45) is 1.72. The molecule has 1 aliphatic heterocycles. The molecule has 3 heterocycles. The molecule has 1 aliphatic rings. The highest BCUT2D eigenvalue weighted by atomic mass is 32.2. The van der Waals surface area contributed by atoms with E-state index < -0.39 is 10.0 Å². The standard InChI is InChI=1S/C17H20N6O2S2/c1-22-7-9-23(10-8-22)16-11-13(5-6-18-16)12-19-27(24,25)15-4-2-3-14-17(15)21-26-20-14/h2-6,11,19H,7-10,12H2,1H3. The van der Waals surface area contributed by atoms with Crippen molar-refractivity contribution in [3.05, 3.63) is 42.1 Å². The summed E-state index contributed by atoms with van der Waals surface area (Å²) in [4.78, 5) is 9.09. The first-order chi connectivity index (χ1) is 13.0. The summed E-state index contributed by atoms with van der Waals surface area (Å²) in [5, 5.41) is 0. The molecule has 0 spiro atoms. The number of pyridine rings is 1. The van der Waals surface area contributed by atoms with Crippen LogP contribution in [0.5, 0.6) is 0 Å². The maximum Gasteiger partial charge on any atom is 0.243 e. The molecule has 0 atom stereocenters. The second-order valence-corrected chi connectivity index (χ2v) is 8.79. The van der Waals surface area contributed by atoms with E-state index in [2.05, 4.69) is 35.3 Å². The normalized spacial score (nSPS) is 16.1. The molecular weight excluding hydrogens is 384 g/mol. The van der Waals surface area contributed by atoms with Gasteiger partial charge in [0, 0.05) is 38.9 Å². The van der Waals surface area contributed by atoms with Crippen molar-refractivity contribution < 1.29 is 8.42 Å². The van der Waals surface area contributed by atoms with Crippen LogP contribution in [0.25, 0.3) is 11.0 Å². The number of anilines is 1. The van der Waals surface area contributed by atoms with E-state index in [9.17, 15) is 8.42 Å². The molecule has 1 saturated heterocycles. The van der Waals surface area contributed by atoms with Crippen LogP contribution in [-0.2, 0) is 16.6 Å². The molecule has 3 aromatic rings. The summed E-state index contributed by atoms with van der Waals surface area (Å²) in [7, 11) is -1.58. The van der Waals surface area contributed by atoms with Crippen LogP contribution in [0.15, 0.2) is 41.4 Å². The van der Waals surface area contributed by atoms with E-state index >= 15 is 0 Å². The van der Waals surface area contributed by atoms with E-state index in [1.54, 1.807) is 24.4 Å². The lowest BCUT2D eigenvalue weighted by atomic mass is 10.2. The molecule has 0 unspecified atom stereocenters. The van der Waals surface area contributed by atoms with Gasteiger partial charge in [0.05, 0.1) is 11.7 Å². The van der Waals surface area contributed by atoms with Crippen LogP contribution in [-0.4, -0.2) is 60.3 Å². The van der Waals surface area contributed by atoms with Gasteiger partial charge >= 0.3 is 0 Å². The van der Waals surface area contributed by atoms with Crippen molar-refractivity contribution in [3.8, 4) is 0 Å². The molecule has 1 fully saturated rings. The molecule has 0 amide bonds. The first-order valence-corrected chi connectivity index (χ1v) is 10.8. The van der Waals surface area contributed by atoms with E-state index in [4.69, 9.17) is 0 Å². The number of rotatable bonds is 5. The highest BCUT2D eigenvalue weighted by Gasteiger charge is 2.20. The Morgan fingerprint density at radius 2 is 1.96 bits per heavy atom. The topological polar surface area (TPSA) is 91.3 Å². The Kier molecular flexibility index (Phi) is 5.04. The summed E-state index contributed by atoms with van der Waals surface area (Å²) in [5.74, 6) is 0.880. The zero-order valence-corrected chi connectivity index (χ0v) is 16.5. The zero-order chi connectivity index (χ0) is 18.9. The van der Waals surface area contributed by atoms with Gasteiger partial charge < -0.3 is 9.80 Å². The van der Waals surface area contributed by atoms with Crippen molar-refractivity contribution in [2.75, 3.05) is 38.1 Å². The van der Waals surface area contributed by atoms with Crippen molar-refractivity contribution in [1.29, 1.82) is 0 Å². The lowest BCUT2D eigenvalue weighted by molar-refractivity contribution is 0.312. The Bertz CT molecular complexity index is 1040. The fourth-order valence-corrected chi connectivity index (χ4v) is 4.82. The van der Waals surface area contributed by atoms with Gasteiger partial charge in [0.15, 0.2) is 0 Å². The fraction of sp³-hybridized carbons (Fsp3) is 0.353. The second-order valence-electron chi connectivity index (χ2n) is 6.53. The van der Waals surface area contributed by atoms with Crippen LogP contribution >= 0.6 is 11.7 Å². The third-order valence-electron chi connectivity index (χ3n) is 4.64. The Morgan fingerprint density at radius 3 is 2.78 bits per heavy atom. The fourth-order valence-electron chi connectivity index (χ4n) is 3.03. The molecule has 142 valence electrons. The number of sulfonamides is 1. The van der Waals surface area contributed by atoms with Crippen LogP contribution in [0.3, 0.4) is 0 Å². The maximum atomic E-state index is 12.7. The average molecular weight is 405 g/mol. The van der Waals surface area contributed by atoms with Crippen molar-refractivity contribution in [2.24, 2.45) is 0 Å². The molecule has 8 nitrogen and oxygen atoms in total. The molecule has 2 aromatic heterocycles. The van der Waals surface area contributed by atoms with E-state index in [1.165, 1.54) is 0 Å². The summed E-state index contributed by atoms with van der Waals surface area (Å²) < 4.78 is 36.3. The number of nitrogens with zero attached hydrogens (tertiary/aromatic N) is 5. The molecule has 1 N–H and O–H groups in total. The van der Waals surface area contributed by atoms with Gasteiger partial charge in [-0.15, -0.1) is 0 Å². The molecular formula is C17H20N6O2S2. The van der Waals surface area contributed by atoms with Crippen molar-refractivity contribution >= 4 is 38.6 Å². The summed E-state index contributed by atoms with van der Waals surface area (Å²) in [5.41, 5.74) is 1.86. The predicted octanol–water partition coefficient (Wildman–Crippen LogP) is 1.32. The first kappa shape index (κ1) is 18.2. The van der Waals surface area contributed by atoms with E-state index in [0.29, 0.717) is 11.0 Å². The van der Waals surface area contributed by atoms with Crippen LogP contribution in [0.4, 0.5) is 5.82 Å². The highest BCUT2D eigenvalue weighted by molar-refractivity contribution is 7.89. The van der Waals surface area contributed by atoms with Crippen LogP contribution in [0.2, 0.25) is 0 Å². The van der Waals surface area contributed by atoms with Gasteiger partial charge in [0.1, 0.15) is 21.7 Å². The van der Waals surface area contributed by atoms with Gasteiger partial charge in [-0.2, -0.15) is 8.75 Å². The lowest BCUT2D eigenvalue weighted by Crippen LogP contribution is -2.44. The summed E-state index contributed by atoms with van der Waals surface area (Å²) >= 11 is 1.01. The molecule has 0 saturated carbocycles. The minimum atomic E-state index is -3.69. The van der Waals surface area contributed by atoms with Crippen LogP contribution < -0.4 is 9.62 Å². The van der Waals surface area contributed by atoms with Gasteiger partial charge in [-0.3, -0.25) is 0 Å². The molecule has 10 heteroatoms. The van der Waals surface area contributed by atoms with E-state index in [-0.39, 0.29) is 11.4 Å². The first-order valence-electron chi connectivity index (χ1n) is 8.62. The largest absolute Gasteiger partial charge is 0.354 e. The third-order valence-corrected chi connectivity index (χ3v) is 6.62. The van der Waals surface area contributed by atoms with Gasteiger partial charge in [-0.25, -0.2) is 18.1 Å². The molecule has 0 radical (unpaired) electrons. The van der Waals surface area contributed by atoms with Crippen LogP contribution in [0.1, 0.15) is 5.56 Å². The summed E-state index contributed by atoms with van der Waals surface area (Å²) in [6.45, 7) is 4.00. The molecule has 0 aliphatic carbocycles. The number of aromatic nitrogens is 3. The third kappa shape index (κ3) is 3.93. The Labute approximate surface area is 162 Å². The van der Waals surface area contributed by atoms with Gasteiger partial charge in [-0.05, 0) is 36.9 Å². The minimum Gasteiger partial charge on any atom is -0.354 e. The Morgan fingerprint density at radius 1 is 1.15 bits per heavy atom. The monoisotopic (exact) mass is 404 g/mol. The number of benzene rings is 1. The maximum absolute atomic E-state index is 12.7. The van der Waals surface area contributed by atoms with Crippen LogP contribution in [0, 0.1) is 0 Å². The number of likely N-dealkylation sites (N-methyl/N-ethyl adjacent to an activating group) is 1. The lowest BCUT2D eigenvalue weighted by Gasteiger charge is -2.33. The summed E-state index contributed by atoms with van der Waals surface area (Å²) in [6, 6.07) is 8.75. The number of piperazine rings is 1. The van der Waals surface area contributed by atoms with Crippen molar-refractivity contribution in [2.45, 2.75) is 11.4 Å². The number of hydrogen-bond acceptors (Lipinski definition) is 8. The second kappa shape index (κ2) is 7.47. The number of nitrogens with one attached hydrogen (secondary N) is 1. The van der Waals surface area contributed by atoms with Crippen molar-refractivity contribution in [3.63, 3.8) is 0 Å². The van der Waals surface area contributed by atoms with E-state index in [0.717, 1.165) is 49.3 Å². The molecule has 4 rings (SSSR count).